The van der Waals surface area contributed by atoms with Crippen molar-refractivity contribution >= 4 is 23.2 Å². The van der Waals surface area contributed by atoms with Crippen molar-refractivity contribution in [1.29, 1.82) is 0 Å². The number of unbranched alkanes of at least 4 members (excludes halogenated alkanes) is 1. The number of nitrogens with zero attached hydrogens (tertiary/aromatic N) is 2. The van der Waals surface area contributed by atoms with Crippen LogP contribution in [0.2, 0.25) is 0 Å². The minimum Gasteiger partial charge on any atom is -0.494 e. The molecule has 0 aromatic heterocycles. The number of piperidine rings is 2. The molecule has 6 heteroatoms. The van der Waals surface area contributed by atoms with Crippen LogP contribution >= 0.6 is 0 Å². The van der Waals surface area contributed by atoms with Crippen LogP contribution in [0.3, 0.4) is 0 Å². The molecule has 0 bridgehead atoms. The lowest BCUT2D eigenvalue weighted by molar-refractivity contribution is 0.0697. The molecule has 0 saturated carbocycles. The van der Waals surface area contributed by atoms with Crippen LogP contribution < -0.4 is 15.0 Å². The Bertz CT molecular complexity index is 1020. The first-order valence-corrected chi connectivity index (χ1v) is 13.7. The van der Waals surface area contributed by atoms with Gasteiger partial charge in [-0.1, -0.05) is 27.2 Å². The van der Waals surface area contributed by atoms with Crippen molar-refractivity contribution < 1.29 is 14.3 Å². The van der Waals surface area contributed by atoms with Crippen molar-refractivity contribution in [3.8, 4) is 5.75 Å². The number of likely N-dealkylation sites (tertiary alicyclic amines) is 1. The summed E-state index contributed by atoms with van der Waals surface area (Å²) in [6.07, 6.45) is 6.43. The lowest BCUT2D eigenvalue weighted by atomic mass is 9.96. The number of hydrogen-bond donors (Lipinski definition) is 1. The van der Waals surface area contributed by atoms with Gasteiger partial charge in [0.15, 0.2) is 0 Å². The van der Waals surface area contributed by atoms with E-state index in [9.17, 15) is 9.59 Å². The summed E-state index contributed by atoms with van der Waals surface area (Å²) in [5, 5.41) is 3.00. The Kier molecular flexibility index (Phi) is 8.89. The van der Waals surface area contributed by atoms with Gasteiger partial charge in [-0.05, 0) is 86.4 Å². The molecule has 2 saturated heterocycles. The third kappa shape index (κ3) is 6.59. The second-order valence-electron chi connectivity index (χ2n) is 10.6. The summed E-state index contributed by atoms with van der Waals surface area (Å²) < 4.78 is 5.70. The van der Waals surface area contributed by atoms with Gasteiger partial charge >= 0.3 is 0 Å². The molecule has 2 amide bonds. The number of nitrogens with one attached hydrogen (secondary N) is 1. The molecular weight excluding hydrogens is 450 g/mol. The number of benzene rings is 2. The molecule has 2 aliphatic rings. The van der Waals surface area contributed by atoms with Gasteiger partial charge in [0, 0.05) is 43.1 Å². The Hall–Kier alpha value is -3.02. The smallest absolute Gasteiger partial charge is 0.256 e. The maximum absolute atomic E-state index is 13.7. The van der Waals surface area contributed by atoms with Crippen molar-refractivity contribution in [2.24, 2.45) is 11.8 Å². The van der Waals surface area contributed by atoms with E-state index < -0.39 is 0 Å². The Morgan fingerprint density at radius 3 is 2.19 bits per heavy atom. The Morgan fingerprint density at radius 2 is 1.56 bits per heavy atom. The second-order valence-corrected chi connectivity index (χ2v) is 10.6. The SMILES string of the molecule is CCCCOc1ccc(C(=O)Nc2ccc(N3CCC(C)CC3)c(C(=O)N3CCC(C)CC3)c2)cc1. The molecule has 2 aromatic carbocycles. The molecule has 0 spiro atoms. The lowest BCUT2D eigenvalue weighted by Crippen LogP contribution is -2.40. The standard InChI is InChI=1S/C30H41N3O3/c1-4-5-20-36-26-9-6-24(7-10-26)29(34)31-25-8-11-28(32-16-12-22(2)13-17-32)27(21-25)30(35)33-18-14-23(3)15-19-33/h6-11,21-23H,4-5,12-20H2,1-3H3,(H,31,34). The third-order valence-corrected chi connectivity index (χ3v) is 7.56. The molecule has 2 heterocycles. The molecule has 2 fully saturated rings. The van der Waals surface area contributed by atoms with Gasteiger partial charge in [0.2, 0.25) is 0 Å². The fourth-order valence-corrected chi connectivity index (χ4v) is 4.93. The molecule has 0 radical (unpaired) electrons. The fraction of sp³-hybridized carbons (Fsp3) is 0.533. The highest BCUT2D eigenvalue weighted by Crippen LogP contribution is 2.31. The molecular formula is C30H41N3O3. The predicted molar refractivity (Wildman–Crippen MR) is 146 cm³/mol. The zero-order chi connectivity index (χ0) is 25.5. The van der Waals surface area contributed by atoms with Crippen molar-refractivity contribution in [2.45, 2.75) is 59.3 Å². The minimum absolute atomic E-state index is 0.0696. The first-order valence-electron chi connectivity index (χ1n) is 13.7. The maximum atomic E-state index is 13.7. The summed E-state index contributed by atoms with van der Waals surface area (Å²) in [4.78, 5) is 30.9. The molecule has 0 aliphatic carbocycles. The van der Waals surface area contributed by atoms with Gasteiger partial charge in [-0.3, -0.25) is 9.59 Å². The Labute approximate surface area is 216 Å². The van der Waals surface area contributed by atoms with E-state index in [0.29, 0.717) is 35.3 Å². The summed E-state index contributed by atoms with van der Waals surface area (Å²) in [6, 6.07) is 13.0. The van der Waals surface area contributed by atoms with E-state index in [0.717, 1.165) is 76.1 Å². The van der Waals surface area contributed by atoms with Crippen LogP contribution in [0, 0.1) is 11.8 Å². The molecule has 6 nitrogen and oxygen atoms in total. The highest BCUT2D eigenvalue weighted by molar-refractivity contribution is 6.06. The van der Waals surface area contributed by atoms with E-state index in [2.05, 4.69) is 31.0 Å². The van der Waals surface area contributed by atoms with Gasteiger partial charge in [0.1, 0.15) is 5.75 Å². The average Bonchev–Trinajstić information content (AvgIpc) is 2.90. The van der Waals surface area contributed by atoms with Crippen molar-refractivity contribution in [3.05, 3.63) is 53.6 Å². The summed E-state index contributed by atoms with van der Waals surface area (Å²) in [6.45, 7) is 10.8. The van der Waals surface area contributed by atoms with Crippen LogP contribution in [0.1, 0.15) is 80.0 Å². The molecule has 0 unspecified atom stereocenters. The monoisotopic (exact) mass is 491 g/mol. The molecule has 194 valence electrons. The zero-order valence-corrected chi connectivity index (χ0v) is 22.1. The second kappa shape index (κ2) is 12.3. The van der Waals surface area contributed by atoms with Gasteiger partial charge in [0.05, 0.1) is 12.2 Å². The first-order chi connectivity index (χ1) is 17.4. The minimum atomic E-state index is -0.195. The number of hydrogen-bond acceptors (Lipinski definition) is 4. The van der Waals surface area contributed by atoms with Gasteiger partial charge in [-0.25, -0.2) is 0 Å². The van der Waals surface area contributed by atoms with Gasteiger partial charge in [-0.15, -0.1) is 0 Å². The van der Waals surface area contributed by atoms with Crippen LogP contribution in [-0.2, 0) is 0 Å². The number of carbonyl (C=O) groups excluding carboxylic acids is 2. The number of carbonyl (C=O) groups is 2. The van der Waals surface area contributed by atoms with Crippen LogP contribution in [0.4, 0.5) is 11.4 Å². The van der Waals surface area contributed by atoms with E-state index in [4.69, 9.17) is 4.74 Å². The quantitative estimate of drug-likeness (QED) is 0.445. The number of ether oxygens (including phenoxy) is 1. The maximum Gasteiger partial charge on any atom is 0.256 e. The topological polar surface area (TPSA) is 61.9 Å². The lowest BCUT2D eigenvalue weighted by Gasteiger charge is -2.35. The zero-order valence-electron chi connectivity index (χ0n) is 22.1. The molecule has 2 aromatic rings. The van der Waals surface area contributed by atoms with Crippen LogP contribution in [-0.4, -0.2) is 49.5 Å². The number of anilines is 2. The van der Waals surface area contributed by atoms with Crippen LogP contribution in [0.5, 0.6) is 5.75 Å². The molecule has 0 atom stereocenters. The van der Waals surface area contributed by atoms with Crippen molar-refractivity contribution in [1.82, 2.24) is 4.90 Å². The van der Waals surface area contributed by atoms with E-state index in [1.807, 2.05) is 35.2 Å². The molecule has 4 rings (SSSR count). The number of amides is 2. The van der Waals surface area contributed by atoms with Gasteiger partial charge in [-0.2, -0.15) is 0 Å². The van der Waals surface area contributed by atoms with E-state index in [1.165, 1.54) is 0 Å². The van der Waals surface area contributed by atoms with Crippen LogP contribution in [0.25, 0.3) is 0 Å². The third-order valence-electron chi connectivity index (χ3n) is 7.56. The highest BCUT2D eigenvalue weighted by atomic mass is 16.5. The Balaban J connectivity index is 1.51. The fourth-order valence-electron chi connectivity index (χ4n) is 4.93. The summed E-state index contributed by atoms with van der Waals surface area (Å²) in [5.41, 5.74) is 2.88. The first kappa shape index (κ1) is 26.1. The summed E-state index contributed by atoms with van der Waals surface area (Å²) >= 11 is 0. The van der Waals surface area contributed by atoms with Crippen LogP contribution in [0.15, 0.2) is 42.5 Å². The van der Waals surface area contributed by atoms with Crippen molar-refractivity contribution in [3.63, 3.8) is 0 Å². The average molecular weight is 492 g/mol. The number of rotatable bonds is 8. The molecule has 36 heavy (non-hydrogen) atoms. The summed E-state index contributed by atoms with van der Waals surface area (Å²) in [7, 11) is 0. The normalized spacial score (nSPS) is 17.2. The highest BCUT2D eigenvalue weighted by Gasteiger charge is 2.27. The summed E-state index contributed by atoms with van der Waals surface area (Å²) in [5.74, 6) is 2.01. The van der Waals surface area contributed by atoms with E-state index in [-0.39, 0.29) is 11.8 Å². The predicted octanol–water partition coefficient (Wildman–Crippen LogP) is 6.23. The Morgan fingerprint density at radius 1 is 0.917 bits per heavy atom. The van der Waals surface area contributed by atoms with Gasteiger partial charge in [0.25, 0.3) is 11.8 Å². The van der Waals surface area contributed by atoms with Gasteiger partial charge < -0.3 is 19.9 Å². The van der Waals surface area contributed by atoms with E-state index >= 15 is 0 Å². The molecule has 2 aliphatic heterocycles. The largest absolute Gasteiger partial charge is 0.494 e. The molecule has 1 N–H and O–H groups in total. The van der Waals surface area contributed by atoms with Crippen molar-refractivity contribution in [2.75, 3.05) is 43.0 Å². The van der Waals surface area contributed by atoms with E-state index in [1.54, 1.807) is 12.1 Å².